The molecule has 0 bridgehead atoms. The molecule has 0 saturated heterocycles. The van der Waals surface area contributed by atoms with Crippen LogP contribution in [0.5, 0.6) is 0 Å². The molecule has 0 radical (unpaired) electrons. The van der Waals surface area contributed by atoms with Gasteiger partial charge in [-0.05, 0) is 50.9 Å². The molecule has 0 atom stereocenters. The highest BCUT2D eigenvalue weighted by Crippen LogP contribution is 2.51. The van der Waals surface area contributed by atoms with Crippen LogP contribution in [0.1, 0.15) is 25.0 Å². The number of rotatable bonds is 1. The topological polar surface area (TPSA) is 30.2 Å². The fraction of sp³-hybridized carbons (Fsp3) is 0.107. The predicted octanol–water partition coefficient (Wildman–Crippen LogP) is 6.92. The molecular formula is C28H20O2. The lowest BCUT2D eigenvalue weighted by atomic mass is 9.82. The summed E-state index contributed by atoms with van der Waals surface area (Å²) in [4.78, 5) is 12.7. The van der Waals surface area contributed by atoms with Gasteiger partial charge in [-0.25, -0.2) is 4.79 Å². The summed E-state index contributed by atoms with van der Waals surface area (Å²) >= 11 is 0. The average molecular weight is 388 g/mol. The first-order valence-corrected chi connectivity index (χ1v) is 10.2. The Kier molecular flexibility index (Phi) is 3.41. The van der Waals surface area contributed by atoms with Crippen molar-refractivity contribution in [1.29, 1.82) is 0 Å². The van der Waals surface area contributed by atoms with Crippen LogP contribution < -0.4 is 5.63 Å². The van der Waals surface area contributed by atoms with Crippen molar-refractivity contribution in [3.05, 3.63) is 106 Å². The zero-order valence-corrected chi connectivity index (χ0v) is 16.9. The minimum Gasteiger partial charge on any atom is -0.422 e. The van der Waals surface area contributed by atoms with Crippen LogP contribution in [0, 0.1) is 0 Å². The van der Waals surface area contributed by atoms with Crippen molar-refractivity contribution >= 4 is 21.7 Å². The maximum Gasteiger partial charge on any atom is 0.344 e. The van der Waals surface area contributed by atoms with Crippen LogP contribution in [0.2, 0.25) is 0 Å². The monoisotopic (exact) mass is 388 g/mol. The molecule has 0 aliphatic heterocycles. The molecule has 1 heterocycles. The quantitative estimate of drug-likeness (QED) is 0.230. The second kappa shape index (κ2) is 5.93. The molecule has 5 aromatic rings. The Hall–Kier alpha value is -3.65. The summed E-state index contributed by atoms with van der Waals surface area (Å²) in [7, 11) is 0. The fourth-order valence-electron chi connectivity index (χ4n) is 5.04. The number of benzene rings is 4. The van der Waals surface area contributed by atoms with Gasteiger partial charge >= 0.3 is 5.63 Å². The minimum absolute atomic E-state index is 0.0476. The summed E-state index contributed by atoms with van der Waals surface area (Å²) in [5.74, 6) is 0. The van der Waals surface area contributed by atoms with Crippen LogP contribution >= 0.6 is 0 Å². The Labute approximate surface area is 174 Å². The largest absolute Gasteiger partial charge is 0.422 e. The van der Waals surface area contributed by atoms with Gasteiger partial charge in [0, 0.05) is 10.8 Å². The van der Waals surface area contributed by atoms with Gasteiger partial charge in [0.15, 0.2) is 0 Å². The van der Waals surface area contributed by atoms with Gasteiger partial charge in [0.25, 0.3) is 0 Å². The highest BCUT2D eigenvalue weighted by Gasteiger charge is 2.36. The average Bonchev–Trinajstić information content (AvgIpc) is 3.01. The Bertz CT molecular complexity index is 1540. The standard InChI is InChI=1S/C28H20O2/c1-28(2)23-11-5-3-9-21(23)26-18(10-7-12-24(26)28)17-14-15-19-20-8-4-6-13-25(20)30-27(29)22(19)16-17/h3-16H,1-2H3. The first-order chi connectivity index (χ1) is 14.6. The van der Waals surface area contributed by atoms with E-state index in [9.17, 15) is 4.79 Å². The first kappa shape index (κ1) is 17.2. The van der Waals surface area contributed by atoms with Crippen LogP contribution in [0.25, 0.3) is 44.0 Å². The van der Waals surface area contributed by atoms with Gasteiger partial charge in [-0.3, -0.25) is 0 Å². The number of fused-ring (bicyclic) bond motifs is 6. The Morgan fingerprint density at radius 3 is 2.30 bits per heavy atom. The Morgan fingerprint density at radius 1 is 0.667 bits per heavy atom. The van der Waals surface area contributed by atoms with E-state index < -0.39 is 0 Å². The summed E-state index contributed by atoms with van der Waals surface area (Å²) in [6, 6.07) is 29.0. The molecule has 0 amide bonds. The van der Waals surface area contributed by atoms with Crippen molar-refractivity contribution in [3.63, 3.8) is 0 Å². The van der Waals surface area contributed by atoms with Crippen molar-refractivity contribution in [1.82, 2.24) is 0 Å². The molecule has 0 N–H and O–H groups in total. The zero-order chi connectivity index (χ0) is 20.5. The summed E-state index contributed by atoms with van der Waals surface area (Å²) in [5, 5.41) is 2.51. The predicted molar refractivity (Wildman–Crippen MR) is 123 cm³/mol. The van der Waals surface area contributed by atoms with E-state index in [1.807, 2.05) is 30.3 Å². The van der Waals surface area contributed by atoms with Crippen molar-refractivity contribution in [2.45, 2.75) is 19.3 Å². The lowest BCUT2D eigenvalue weighted by molar-refractivity contribution is 0.569. The van der Waals surface area contributed by atoms with Crippen LogP contribution in [-0.2, 0) is 5.41 Å². The van der Waals surface area contributed by atoms with Crippen molar-refractivity contribution in [3.8, 4) is 22.3 Å². The van der Waals surface area contributed by atoms with Gasteiger partial charge in [0.1, 0.15) is 5.58 Å². The van der Waals surface area contributed by atoms with Crippen molar-refractivity contribution in [2.24, 2.45) is 0 Å². The summed E-state index contributed by atoms with van der Waals surface area (Å²) in [6.45, 7) is 4.56. The molecule has 1 aliphatic carbocycles. The Morgan fingerprint density at radius 2 is 1.40 bits per heavy atom. The molecule has 0 fully saturated rings. The molecule has 2 nitrogen and oxygen atoms in total. The molecule has 0 spiro atoms. The first-order valence-electron chi connectivity index (χ1n) is 10.2. The van der Waals surface area contributed by atoms with Gasteiger partial charge in [-0.1, -0.05) is 86.6 Å². The zero-order valence-electron chi connectivity index (χ0n) is 16.9. The molecule has 30 heavy (non-hydrogen) atoms. The van der Waals surface area contributed by atoms with E-state index >= 15 is 0 Å². The highest BCUT2D eigenvalue weighted by atomic mass is 16.4. The van der Waals surface area contributed by atoms with Crippen LogP contribution in [0.3, 0.4) is 0 Å². The summed E-state index contributed by atoms with van der Waals surface area (Å²) in [6.07, 6.45) is 0. The van der Waals surface area contributed by atoms with Gasteiger partial charge in [-0.2, -0.15) is 0 Å². The molecule has 1 aromatic heterocycles. The van der Waals surface area contributed by atoms with Crippen molar-refractivity contribution < 1.29 is 4.42 Å². The number of para-hydroxylation sites is 1. The van der Waals surface area contributed by atoms with E-state index in [0.29, 0.717) is 11.0 Å². The maximum absolute atomic E-state index is 12.7. The van der Waals surface area contributed by atoms with Gasteiger partial charge in [0.05, 0.1) is 5.39 Å². The molecular weight excluding hydrogens is 368 g/mol. The van der Waals surface area contributed by atoms with E-state index in [-0.39, 0.29) is 11.0 Å². The molecule has 0 unspecified atom stereocenters. The molecule has 4 aromatic carbocycles. The normalized spacial score (nSPS) is 14.1. The molecule has 0 saturated carbocycles. The van der Waals surface area contributed by atoms with Gasteiger partial charge in [-0.15, -0.1) is 0 Å². The van der Waals surface area contributed by atoms with Crippen LogP contribution in [0.4, 0.5) is 0 Å². The van der Waals surface area contributed by atoms with Crippen LogP contribution in [-0.4, -0.2) is 0 Å². The fourth-order valence-corrected chi connectivity index (χ4v) is 5.04. The SMILES string of the molecule is CC1(C)c2ccccc2-c2c(-c3ccc4c(c3)c(=O)oc3ccccc34)cccc21. The summed E-state index contributed by atoms with van der Waals surface area (Å²) in [5.41, 5.74) is 7.69. The molecule has 144 valence electrons. The molecule has 1 aliphatic rings. The van der Waals surface area contributed by atoms with E-state index in [1.165, 1.54) is 22.3 Å². The van der Waals surface area contributed by atoms with Gasteiger partial charge < -0.3 is 4.42 Å². The number of hydrogen-bond donors (Lipinski definition) is 0. The third-order valence-corrected chi connectivity index (χ3v) is 6.54. The third-order valence-electron chi connectivity index (χ3n) is 6.54. The highest BCUT2D eigenvalue weighted by molar-refractivity contribution is 6.06. The molecule has 6 rings (SSSR count). The van der Waals surface area contributed by atoms with Crippen LogP contribution in [0.15, 0.2) is 94.1 Å². The third kappa shape index (κ3) is 2.22. The number of hydrogen-bond acceptors (Lipinski definition) is 2. The lowest BCUT2D eigenvalue weighted by Crippen LogP contribution is -2.14. The van der Waals surface area contributed by atoms with Gasteiger partial charge in [0.2, 0.25) is 0 Å². The smallest absolute Gasteiger partial charge is 0.344 e. The second-order valence-corrected chi connectivity index (χ2v) is 8.54. The maximum atomic E-state index is 12.7. The second-order valence-electron chi connectivity index (χ2n) is 8.54. The van der Waals surface area contributed by atoms with Crippen molar-refractivity contribution in [2.75, 3.05) is 0 Å². The van der Waals surface area contributed by atoms with E-state index in [0.717, 1.165) is 21.9 Å². The van der Waals surface area contributed by atoms with E-state index in [1.54, 1.807) is 0 Å². The lowest BCUT2D eigenvalue weighted by Gasteiger charge is -2.21. The minimum atomic E-state index is -0.293. The molecule has 2 heteroatoms. The summed E-state index contributed by atoms with van der Waals surface area (Å²) < 4.78 is 5.59. The van der Waals surface area contributed by atoms with E-state index in [2.05, 4.69) is 68.4 Å². The van der Waals surface area contributed by atoms with E-state index in [4.69, 9.17) is 4.42 Å². The Balaban J connectivity index is 1.66.